The third-order valence-electron chi connectivity index (χ3n) is 1.26. The first-order valence-corrected chi connectivity index (χ1v) is 3.99. The normalized spacial score (nSPS) is 13.4. The Labute approximate surface area is 69.5 Å². The topological polar surface area (TPSA) is 17.1 Å². The molecular weight excluding hydrogens is 136 g/mol. The molecule has 0 rings (SSSR count). The van der Waals surface area contributed by atoms with Crippen molar-refractivity contribution in [1.82, 2.24) is 0 Å². The van der Waals surface area contributed by atoms with E-state index in [-0.39, 0.29) is 11.2 Å². The van der Waals surface area contributed by atoms with E-state index in [4.69, 9.17) is 0 Å². The van der Waals surface area contributed by atoms with Crippen molar-refractivity contribution in [1.29, 1.82) is 0 Å². The first-order chi connectivity index (χ1) is 4.81. The van der Waals surface area contributed by atoms with Crippen LogP contribution in [-0.2, 0) is 4.79 Å². The van der Waals surface area contributed by atoms with Crippen LogP contribution < -0.4 is 0 Å². The Hall–Kier alpha value is -0.590. The second-order valence-corrected chi connectivity index (χ2v) is 4.34. The summed E-state index contributed by atoms with van der Waals surface area (Å²) in [7, 11) is 0. The van der Waals surface area contributed by atoms with Gasteiger partial charge in [0.05, 0.1) is 0 Å². The van der Waals surface area contributed by atoms with Crippen LogP contribution in [0.5, 0.6) is 0 Å². The SMILES string of the molecule is CC(=O)C=C(C)CC(C)(C)C. The van der Waals surface area contributed by atoms with E-state index >= 15 is 0 Å². The van der Waals surface area contributed by atoms with Crippen molar-refractivity contribution < 1.29 is 4.79 Å². The maximum Gasteiger partial charge on any atom is 0.152 e. The number of allylic oxidation sites excluding steroid dienone is 2. The molecule has 0 aromatic carbocycles. The van der Waals surface area contributed by atoms with Crippen molar-refractivity contribution in [2.75, 3.05) is 0 Å². The predicted octanol–water partition coefficient (Wildman–Crippen LogP) is 2.96. The Morgan fingerprint density at radius 2 is 1.73 bits per heavy atom. The summed E-state index contributed by atoms with van der Waals surface area (Å²) >= 11 is 0. The molecule has 0 radical (unpaired) electrons. The van der Waals surface area contributed by atoms with E-state index < -0.39 is 0 Å². The van der Waals surface area contributed by atoms with E-state index in [1.807, 2.05) is 6.92 Å². The molecule has 0 spiro atoms. The molecule has 1 heteroatoms. The number of carbonyl (C=O) groups is 1. The summed E-state index contributed by atoms with van der Waals surface area (Å²) in [5.41, 5.74) is 1.46. The van der Waals surface area contributed by atoms with Gasteiger partial charge in [-0.05, 0) is 31.8 Å². The first-order valence-electron chi connectivity index (χ1n) is 3.99. The Balaban J connectivity index is 4.07. The highest BCUT2D eigenvalue weighted by atomic mass is 16.1. The number of hydrogen-bond acceptors (Lipinski definition) is 1. The summed E-state index contributed by atoms with van der Waals surface area (Å²) in [5, 5.41) is 0. The summed E-state index contributed by atoms with van der Waals surface area (Å²) in [6.45, 7) is 10.1. The van der Waals surface area contributed by atoms with E-state index in [0.717, 1.165) is 6.42 Å². The fraction of sp³-hybridized carbons (Fsp3) is 0.700. The molecule has 0 N–H and O–H groups in total. The van der Waals surface area contributed by atoms with Gasteiger partial charge < -0.3 is 0 Å². The minimum absolute atomic E-state index is 0.145. The van der Waals surface area contributed by atoms with Crippen LogP contribution in [-0.4, -0.2) is 5.78 Å². The minimum Gasteiger partial charge on any atom is -0.295 e. The van der Waals surface area contributed by atoms with Crippen molar-refractivity contribution in [2.45, 2.75) is 41.0 Å². The van der Waals surface area contributed by atoms with Gasteiger partial charge in [-0.15, -0.1) is 0 Å². The Bertz CT molecular complexity index is 170. The Kier molecular flexibility index (Phi) is 3.50. The monoisotopic (exact) mass is 154 g/mol. The third kappa shape index (κ3) is 7.31. The van der Waals surface area contributed by atoms with Crippen LogP contribution in [0.25, 0.3) is 0 Å². The maximum atomic E-state index is 10.7. The van der Waals surface area contributed by atoms with E-state index in [9.17, 15) is 4.79 Å². The van der Waals surface area contributed by atoms with Crippen LogP contribution in [0, 0.1) is 5.41 Å². The number of carbonyl (C=O) groups excluding carboxylic acids is 1. The van der Waals surface area contributed by atoms with Gasteiger partial charge in [0.2, 0.25) is 0 Å². The minimum atomic E-state index is 0.145. The van der Waals surface area contributed by atoms with E-state index in [1.165, 1.54) is 5.57 Å². The van der Waals surface area contributed by atoms with Gasteiger partial charge in [0.25, 0.3) is 0 Å². The predicted molar refractivity (Wildman–Crippen MR) is 48.5 cm³/mol. The molecule has 0 aromatic heterocycles. The molecular formula is C10H18O. The van der Waals surface area contributed by atoms with Crippen molar-refractivity contribution in [3.05, 3.63) is 11.6 Å². The second-order valence-electron chi connectivity index (χ2n) is 4.34. The standard InChI is InChI=1S/C10H18O/c1-8(6-9(2)11)7-10(3,4)5/h6H,7H2,1-5H3. The van der Waals surface area contributed by atoms with Crippen molar-refractivity contribution in [3.63, 3.8) is 0 Å². The molecule has 0 saturated carbocycles. The molecule has 1 nitrogen and oxygen atoms in total. The molecule has 0 heterocycles. The molecule has 0 fully saturated rings. The fourth-order valence-electron chi connectivity index (χ4n) is 1.23. The molecule has 0 atom stereocenters. The largest absolute Gasteiger partial charge is 0.295 e. The number of hydrogen-bond donors (Lipinski definition) is 0. The second kappa shape index (κ2) is 3.70. The van der Waals surface area contributed by atoms with E-state index in [0.29, 0.717) is 0 Å². The average molecular weight is 154 g/mol. The summed E-state index contributed by atoms with van der Waals surface area (Å²) in [6.07, 6.45) is 2.71. The van der Waals surface area contributed by atoms with Crippen LogP contribution in [0.4, 0.5) is 0 Å². The highest BCUT2D eigenvalue weighted by Gasteiger charge is 2.10. The lowest BCUT2D eigenvalue weighted by Crippen LogP contribution is -2.05. The molecule has 0 amide bonds. The van der Waals surface area contributed by atoms with Crippen LogP contribution in [0.15, 0.2) is 11.6 Å². The van der Waals surface area contributed by atoms with Gasteiger partial charge in [-0.25, -0.2) is 0 Å². The molecule has 0 aliphatic rings. The zero-order valence-corrected chi connectivity index (χ0v) is 8.19. The van der Waals surface area contributed by atoms with Crippen molar-refractivity contribution in [2.24, 2.45) is 5.41 Å². The highest BCUT2D eigenvalue weighted by Crippen LogP contribution is 2.23. The lowest BCUT2D eigenvalue weighted by molar-refractivity contribution is -0.112. The molecule has 0 unspecified atom stereocenters. The molecule has 0 aromatic rings. The van der Waals surface area contributed by atoms with Gasteiger partial charge in [0.15, 0.2) is 5.78 Å². The molecule has 0 aliphatic carbocycles. The molecule has 0 saturated heterocycles. The van der Waals surface area contributed by atoms with Gasteiger partial charge >= 0.3 is 0 Å². The van der Waals surface area contributed by atoms with Gasteiger partial charge in [0.1, 0.15) is 0 Å². The number of rotatable bonds is 2. The van der Waals surface area contributed by atoms with Crippen molar-refractivity contribution in [3.8, 4) is 0 Å². The fourth-order valence-corrected chi connectivity index (χ4v) is 1.23. The third-order valence-corrected chi connectivity index (χ3v) is 1.26. The average Bonchev–Trinajstić information content (AvgIpc) is 1.53. The smallest absolute Gasteiger partial charge is 0.152 e. The Morgan fingerprint density at radius 1 is 1.27 bits per heavy atom. The van der Waals surface area contributed by atoms with E-state index in [2.05, 4.69) is 20.8 Å². The summed E-state index contributed by atoms with van der Waals surface area (Å²) in [4.78, 5) is 10.7. The molecule has 11 heavy (non-hydrogen) atoms. The van der Waals surface area contributed by atoms with Gasteiger partial charge in [0, 0.05) is 0 Å². The van der Waals surface area contributed by atoms with Crippen LogP contribution in [0.2, 0.25) is 0 Å². The van der Waals surface area contributed by atoms with E-state index in [1.54, 1.807) is 13.0 Å². The van der Waals surface area contributed by atoms with Crippen LogP contribution in [0.1, 0.15) is 41.0 Å². The quantitative estimate of drug-likeness (QED) is 0.559. The molecule has 64 valence electrons. The summed E-state index contributed by atoms with van der Waals surface area (Å²) in [6, 6.07) is 0. The van der Waals surface area contributed by atoms with Gasteiger partial charge in [-0.1, -0.05) is 26.3 Å². The zero-order valence-electron chi connectivity index (χ0n) is 8.19. The van der Waals surface area contributed by atoms with Crippen LogP contribution in [0.3, 0.4) is 0 Å². The lowest BCUT2D eigenvalue weighted by Gasteiger charge is -2.17. The highest BCUT2D eigenvalue weighted by molar-refractivity contribution is 5.87. The van der Waals surface area contributed by atoms with Crippen LogP contribution >= 0.6 is 0 Å². The maximum absolute atomic E-state index is 10.7. The Morgan fingerprint density at radius 3 is 2.00 bits per heavy atom. The number of ketones is 1. The molecule has 0 bridgehead atoms. The lowest BCUT2D eigenvalue weighted by atomic mass is 9.88. The van der Waals surface area contributed by atoms with Gasteiger partial charge in [-0.2, -0.15) is 0 Å². The molecule has 0 aliphatic heterocycles. The van der Waals surface area contributed by atoms with Crippen molar-refractivity contribution >= 4 is 5.78 Å². The van der Waals surface area contributed by atoms with Gasteiger partial charge in [-0.3, -0.25) is 4.79 Å². The summed E-state index contributed by atoms with van der Waals surface area (Å²) in [5.74, 6) is 0.145. The summed E-state index contributed by atoms with van der Waals surface area (Å²) < 4.78 is 0. The first kappa shape index (κ1) is 10.4. The zero-order chi connectivity index (χ0) is 9.07.